The molecule has 0 bridgehead atoms. The number of aliphatic hydroxyl groups excluding tert-OH is 2. The normalized spacial score (nSPS) is 41.9. The van der Waals surface area contributed by atoms with Crippen molar-refractivity contribution in [2.75, 3.05) is 26.7 Å². The second-order valence-electron chi connectivity index (χ2n) is 9.76. The summed E-state index contributed by atoms with van der Waals surface area (Å²) in [7, 11) is -3.03. The summed E-state index contributed by atoms with van der Waals surface area (Å²) in [6, 6.07) is -1.95. The van der Waals surface area contributed by atoms with Crippen molar-refractivity contribution in [2.45, 2.75) is 93.5 Å². The Balaban J connectivity index is 0.000000926. The molecule has 0 amide bonds. The number of nitrogens with one attached hydrogen (secondary N) is 2. The highest BCUT2D eigenvalue weighted by atomic mass is 32.3. The lowest BCUT2D eigenvalue weighted by Gasteiger charge is -2.49. The first-order chi connectivity index (χ1) is 17.6. The maximum Gasteiger partial charge on any atom is 0.394 e. The van der Waals surface area contributed by atoms with Crippen molar-refractivity contribution in [2.24, 2.45) is 17.2 Å². The van der Waals surface area contributed by atoms with Gasteiger partial charge in [0.1, 0.15) is 35.8 Å². The molecule has 224 valence electrons. The molecule has 3 aliphatic rings. The van der Waals surface area contributed by atoms with Gasteiger partial charge in [-0.2, -0.15) is 8.42 Å². The molecule has 13 N–H and O–H groups in total. The van der Waals surface area contributed by atoms with E-state index in [9.17, 15) is 15.3 Å². The van der Waals surface area contributed by atoms with Crippen LogP contribution in [0, 0.1) is 0 Å². The molecule has 17 heteroatoms. The van der Waals surface area contributed by atoms with Crippen LogP contribution in [0.4, 0.5) is 0 Å². The second-order valence-corrected chi connectivity index (χ2v) is 10.7. The predicted octanol–water partition coefficient (Wildman–Crippen LogP) is -3.85. The highest BCUT2D eigenvalue weighted by molar-refractivity contribution is 7.79. The van der Waals surface area contributed by atoms with Gasteiger partial charge in [-0.05, 0) is 39.4 Å². The van der Waals surface area contributed by atoms with Gasteiger partial charge in [-0.1, -0.05) is 6.92 Å². The topological polar surface area (TPSA) is 274 Å². The molecule has 2 aliphatic heterocycles. The highest BCUT2D eigenvalue weighted by Crippen LogP contribution is 2.31. The summed E-state index contributed by atoms with van der Waals surface area (Å²) in [5.41, 5.74) is 16.9. The first-order valence-corrected chi connectivity index (χ1v) is 13.7. The standard InChI is InChI=1S/C21H41N5O7.H2O4S/c1-4-26-13-7-12(24)16(32-19-11(23)6-5-10(8-22)31-19)14(27)17(13)33-20-15(28)18(25-3)21(2,29)9-30-20;1-5(2,3)4/h5,11-20,25-29H,4,6-9,22-24H2,1-3H3;(H2,1,2,3,4). The number of rotatable bonds is 8. The number of hydrogen-bond donors (Lipinski definition) is 10. The van der Waals surface area contributed by atoms with E-state index in [-0.39, 0.29) is 19.2 Å². The van der Waals surface area contributed by atoms with E-state index in [2.05, 4.69) is 10.6 Å². The molecule has 0 radical (unpaired) electrons. The first-order valence-electron chi connectivity index (χ1n) is 12.3. The van der Waals surface area contributed by atoms with Crippen LogP contribution in [0.15, 0.2) is 11.8 Å². The van der Waals surface area contributed by atoms with Crippen LogP contribution in [0.5, 0.6) is 0 Å². The molecule has 0 aromatic rings. The summed E-state index contributed by atoms with van der Waals surface area (Å²) in [6.45, 7) is 4.30. The average molecular weight is 574 g/mol. The summed E-state index contributed by atoms with van der Waals surface area (Å²) in [4.78, 5) is 0. The lowest BCUT2D eigenvalue weighted by Crippen LogP contribution is -2.69. The molecule has 38 heavy (non-hydrogen) atoms. The SMILES string of the molecule is CCNC1CC(N)C(OC2OC(CN)=CCC2N)C(O)C1OC1OCC(C)(O)C(NC)C1O.O=S(=O)(O)O. The average Bonchev–Trinajstić information content (AvgIpc) is 2.80. The molecular weight excluding hydrogens is 530 g/mol. The van der Waals surface area contributed by atoms with E-state index in [1.165, 1.54) is 0 Å². The summed E-state index contributed by atoms with van der Waals surface area (Å²) in [5, 5.41) is 38.8. The van der Waals surface area contributed by atoms with E-state index in [0.29, 0.717) is 25.1 Å². The van der Waals surface area contributed by atoms with Gasteiger partial charge >= 0.3 is 10.4 Å². The fourth-order valence-electron chi connectivity index (χ4n) is 4.86. The fourth-order valence-corrected chi connectivity index (χ4v) is 4.86. The van der Waals surface area contributed by atoms with Gasteiger partial charge in [0.05, 0.1) is 25.2 Å². The van der Waals surface area contributed by atoms with Gasteiger partial charge in [0.25, 0.3) is 0 Å². The zero-order chi connectivity index (χ0) is 28.8. The Morgan fingerprint density at radius 1 is 1.13 bits per heavy atom. The number of aliphatic hydroxyl groups is 3. The van der Waals surface area contributed by atoms with Crippen molar-refractivity contribution in [1.82, 2.24) is 10.6 Å². The summed E-state index contributed by atoms with van der Waals surface area (Å²) < 4.78 is 55.1. The van der Waals surface area contributed by atoms with Crippen molar-refractivity contribution in [1.29, 1.82) is 0 Å². The lowest BCUT2D eigenvalue weighted by atomic mass is 9.83. The Bertz CT molecular complexity index is 872. The van der Waals surface area contributed by atoms with Gasteiger partial charge < -0.3 is 62.1 Å². The van der Waals surface area contributed by atoms with E-state index in [1.807, 2.05) is 13.0 Å². The van der Waals surface area contributed by atoms with Crippen LogP contribution in [0.2, 0.25) is 0 Å². The van der Waals surface area contributed by atoms with Crippen LogP contribution >= 0.6 is 0 Å². The Hall–Kier alpha value is -1.03. The maximum absolute atomic E-state index is 11.3. The van der Waals surface area contributed by atoms with Crippen molar-refractivity contribution in [3.05, 3.63) is 11.8 Å². The van der Waals surface area contributed by atoms with Crippen LogP contribution in [-0.4, -0.2) is 126 Å². The molecule has 2 heterocycles. The molecule has 0 spiro atoms. The lowest BCUT2D eigenvalue weighted by molar-refractivity contribution is -0.304. The van der Waals surface area contributed by atoms with Crippen LogP contribution in [0.25, 0.3) is 0 Å². The fraction of sp³-hybridized carbons (Fsp3) is 0.905. The van der Waals surface area contributed by atoms with E-state index >= 15 is 0 Å². The Kier molecular flexibility index (Phi) is 12.3. The van der Waals surface area contributed by atoms with Crippen molar-refractivity contribution in [3.63, 3.8) is 0 Å². The molecule has 11 unspecified atom stereocenters. The predicted molar refractivity (Wildman–Crippen MR) is 134 cm³/mol. The van der Waals surface area contributed by atoms with Crippen molar-refractivity contribution in [3.8, 4) is 0 Å². The van der Waals surface area contributed by atoms with Crippen LogP contribution in [-0.2, 0) is 29.3 Å². The second kappa shape index (κ2) is 14.0. The zero-order valence-electron chi connectivity index (χ0n) is 21.7. The molecule has 1 saturated heterocycles. The zero-order valence-corrected chi connectivity index (χ0v) is 22.5. The molecule has 11 atom stereocenters. The van der Waals surface area contributed by atoms with E-state index < -0.39 is 71.1 Å². The van der Waals surface area contributed by atoms with Crippen LogP contribution in [0.3, 0.4) is 0 Å². The monoisotopic (exact) mass is 573 g/mol. The molecule has 1 saturated carbocycles. The third-order valence-electron chi connectivity index (χ3n) is 6.64. The van der Waals surface area contributed by atoms with Gasteiger partial charge in [-0.3, -0.25) is 9.11 Å². The van der Waals surface area contributed by atoms with Crippen molar-refractivity contribution >= 4 is 10.4 Å². The molecule has 3 rings (SSSR count). The van der Waals surface area contributed by atoms with E-state index in [4.69, 9.17) is 53.7 Å². The van der Waals surface area contributed by atoms with Crippen LogP contribution in [0.1, 0.15) is 26.7 Å². The number of hydrogen-bond acceptors (Lipinski definition) is 14. The van der Waals surface area contributed by atoms with Gasteiger partial charge in [-0.25, -0.2) is 0 Å². The third-order valence-corrected chi connectivity index (χ3v) is 6.64. The van der Waals surface area contributed by atoms with Crippen molar-refractivity contribution < 1.29 is 51.8 Å². The summed E-state index contributed by atoms with van der Waals surface area (Å²) in [5.74, 6) is 0.572. The Labute approximate surface area is 222 Å². The van der Waals surface area contributed by atoms with Gasteiger partial charge in [0, 0.05) is 12.1 Å². The van der Waals surface area contributed by atoms with Gasteiger partial charge in [0.15, 0.2) is 6.29 Å². The van der Waals surface area contributed by atoms with E-state index in [0.717, 1.165) is 0 Å². The highest BCUT2D eigenvalue weighted by Gasteiger charge is 2.51. The smallest absolute Gasteiger partial charge is 0.394 e. The molecule has 0 aromatic heterocycles. The van der Waals surface area contributed by atoms with Gasteiger partial charge in [0.2, 0.25) is 6.29 Å². The number of likely N-dealkylation sites (N-methyl/N-ethyl adjacent to an activating group) is 2. The molecular formula is C21H43N5O11S. The van der Waals surface area contributed by atoms with Gasteiger partial charge in [-0.15, -0.1) is 0 Å². The summed E-state index contributed by atoms with van der Waals surface area (Å²) in [6.07, 6.45) is -3.05. The minimum absolute atomic E-state index is 0.0483. The molecule has 0 aromatic carbocycles. The Morgan fingerprint density at radius 2 is 1.74 bits per heavy atom. The Morgan fingerprint density at radius 3 is 2.29 bits per heavy atom. The minimum atomic E-state index is -4.67. The quantitative estimate of drug-likeness (QED) is 0.124. The summed E-state index contributed by atoms with van der Waals surface area (Å²) >= 11 is 0. The molecule has 2 fully saturated rings. The molecule has 1 aliphatic carbocycles. The number of nitrogens with two attached hydrogens (primary N) is 3. The molecule has 16 nitrogen and oxygen atoms in total. The third kappa shape index (κ3) is 9.00. The van der Waals surface area contributed by atoms with Crippen LogP contribution < -0.4 is 27.8 Å². The first kappa shape index (κ1) is 33.2. The largest absolute Gasteiger partial charge is 0.467 e. The number of ether oxygens (including phenoxy) is 4. The van der Waals surface area contributed by atoms with E-state index in [1.54, 1.807) is 14.0 Å². The minimum Gasteiger partial charge on any atom is -0.467 e. The maximum atomic E-state index is 11.3.